The molecule has 5 rings (SSSR count). The largest absolute Gasteiger partial charge is 0.497 e. The number of nitriles is 1. The Balaban J connectivity index is 1.45. The topological polar surface area (TPSA) is 144 Å². The van der Waals surface area contributed by atoms with Crippen LogP contribution >= 0.6 is 0 Å². The van der Waals surface area contributed by atoms with Crippen LogP contribution in [0.4, 0.5) is 16.3 Å². The highest BCUT2D eigenvalue weighted by Gasteiger charge is 2.32. The molecule has 42 heavy (non-hydrogen) atoms. The number of methoxy groups -OCH3 is 1. The van der Waals surface area contributed by atoms with E-state index in [1.54, 1.807) is 19.2 Å². The Morgan fingerprint density at radius 2 is 1.95 bits per heavy atom. The van der Waals surface area contributed by atoms with Crippen LogP contribution in [0.15, 0.2) is 42.5 Å². The van der Waals surface area contributed by atoms with Gasteiger partial charge in [-0.15, -0.1) is 0 Å². The van der Waals surface area contributed by atoms with Gasteiger partial charge in [0.15, 0.2) is 0 Å². The second-order valence-corrected chi connectivity index (χ2v) is 10.6. The molecule has 0 spiro atoms. The molecule has 1 aromatic heterocycles. The number of nitrogens with zero attached hydrogens (tertiary/aromatic N) is 6. The van der Waals surface area contributed by atoms with Gasteiger partial charge < -0.3 is 34.6 Å². The van der Waals surface area contributed by atoms with Crippen molar-refractivity contribution in [3.05, 3.63) is 48.2 Å². The summed E-state index contributed by atoms with van der Waals surface area (Å²) >= 11 is 0. The number of likely N-dealkylation sites (tertiary alicyclic amines) is 1. The first-order valence-corrected chi connectivity index (χ1v) is 14.1. The number of carbonyl (C=O) groups excluding carboxylic acids is 1. The first kappa shape index (κ1) is 28.9. The number of fused-ring (bicyclic) bond motifs is 1. The van der Waals surface area contributed by atoms with Crippen molar-refractivity contribution in [2.24, 2.45) is 0 Å². The number of aromatic nitrogens is 2. The molecular weight excluding hydrogens is 538 g/mol. The lowest BCUT2D eigenvalue weighted by atomic mass is 10.0. The fourth-order valence-corrected chi connectivity index (χ4v) is 5.57. The number of anilines is 2. The van der Waals surface area contributed by atoms with Gasteiger partial charge in [-0.1, -0.05) is 30.7 Å². The molecule has 0 aliphatic carbocycles. The van der Waals surface area contributed by atoms with E-state index in [2.05, 4.69) is 33.3 Å². The summed E-state index contributed by atoms with van der Waals surface area (Å²) in [7, 11) is 3.64. The van der Waals surface area contributed by atoms with Crippen molar-refractivity contribution in [3.63, 3.8) is 0 Å². The number of hydrogen-bond donors (Lipinski definition) is 2. The average Bonchev–Trinajstić information content (AvgIpc) is 3.00. The van der Waals surface area contributed by atoms with E-state index in [1.807, 2.05) is 35.2 Å². The van der Waals surface area contributed by atoms with Crippen LogP contribution in [0.1, 0.15) is 36.2 Å². The second-order valence-electron chi connectivity index (χ2n) is 10.6. The van der Waals surface area contributed by atoms with Gasteiger partial charge in [-0.05, 0) is 37.9 Å². The molecule has 2 aromatic carbocycles. The van der Waals surface area contributed by atoms with E-state index >= 15 is 0 Å². The van der Waals surface area contributed by atoms with E-state index in [9.17, 15) is 20.0 Å². The Bertz CT molecular complexity index is 1490. The number of hydrogen-bond acceptors (Lipinski definition) is 9. The third kappa shape index (κ3) is 6.47. The van der Waals surface area contributed by atoms with Crippen LogP contribution in [-0.2, 0) is 0 Å². The Morgan fingerprint density at radius 3 is 2.71 bits per heavy atom. The first-order chi connectivity index (χ1) is 20.4. The van der Waals surface area contributed by atoms with Crippen LogP contribution in [-0.4, -0.2) is 95.9 Å². The molecule has 2 aliphatic rings. The molecule has 2 fully saturated rings. The number of amides is 2. The van der Waals surface area contributed by atoms with Crippen molar-refractivity contribution in [2.45, 2.75) is 37.8 Å². The lowest BCUT2D eigenvalue weighted by Gasteiger charge is -2.39. The van der Waals surface area contributed by atoms with E-state index in [0.29, 0.717) is 30.4 Å². The van der Waals surface area contributed by atoms with Gasteiger partial charge in [-0.2, -0.15) is 15.2 Å². The lowest BCUT2D eigenvalue weighted by molar-refractivity contribution is 0.101. The Morgan fingerprint density at radius 1 is 1.12 bits per heavy atom. The third-order valence-corrected chi connectivity index (χ3v) is 7.95. The normalized spacial score (nSPS) is 19.3. The van der Waals surface area contributed by atoms with Crippen LogP contribution in [0.3, 0.4) is 0 Å². The monoisotopic (exact) mass is 573 g/mol. The van der Waals surface area contributed by atoms with Gasteiger partial charge >= 0.3 is 12.1 Å². The molecule has 2 amide bonds. The molecule has 12 heteroatoms. The average molecular weight is 574 g/mol. The van der Waals surface area contributed by atoms with E-state index in [0.717, 1.165) is 36.6 Å². The lowest BCUT2D eigenvalue weighted by Crippen LogP contribution is -2.55. The van der Waals surface area contributed by atoms with E-state index in [1.165, 1.54) is 4.90 Å². The summed E-state index contributed by atoms with van der Waals surface area (Å²) in [6, 6.07) is 14.8. The fourth-order valence-electron chi connectivity index (χ4n) is 5.57. The van der Waals surface area contributed by atoms with Gasteiger partial charge in [0.05, 0.1) is 31.3 Å². The summed E-state index contributed by atoms with van der Waals surface area (Å²) in [4.78, 5) is 39.9. The quantitative estimate of drug-likeness (QED) is 0.408. The maximum absolute atomic E-state index is 13.7. The third-order valence-electron chi connectivity index (χ3n) is 7.95. The zero-order valence-corrected chi connectivity index (χ0v) is 23.8. The van der Waals surface area contributed by atoms with Gasteiger partial charge in [-0.25, -0.2) is 4.79 Å². The van der Waals surface area contributed by atoms with Crippen LogP contribution in [0, 0.1) is 11.3 Å². The van der Waals surface area contributed by atoms with E-state index in [-0.39, 0.29) is 37.3 Å². The highest BCUT2D eigenvalue weighted by molar-refractivity contribution is 6.09. The number of likely N-dealkylation sites (N-methyl/N-ethyl adjacent to an activating group) is 1. The van der Waals surface area contributed by atoms with Crippen LogP contribution in [0.2, 0.25) is 0 Å². The molecule has 2 saturated heterocycles. The van der Waals surface area contributed by atoms with Crippen molar-refractivity contribution >= 4 is 34.3 Å². The fraction of sp³-hybridized carbons (Fsp3) is 0.433. The molecule has 3 aromatic rings. The molecule has 2 aliphatic heterocycles. The summed E-state index contributed by atoms with van der Waals surface area (Å²) < 4.78 is 11.5. The maximum Gasteiger partial charge on any atom is 0.407 e. The van der Waals surface area contributed by atoms with E-state index in [4.69, 9.17) is 9.47 Å². The predicted octanol–water partition coefficient (Wildman–Crippen LogP) is 3.84. The number of ether oxygens (including phenoxy) is 2. The molecule has 0 bridgehead atoms. The van der Waals surface area contributed by atoms with Gasteiger partial charge in [0.2, 0.25) is 0 Å². The zero-order valence-electron chi connectivity index (χ0n) is 23.8. The summed E-state index contributed by atoms with van der Waals surface area (Å²) in [6.45, 7) is 2.17. The molecule has 2 N–H and O–H groups in total. The summed E-state index contributed by atoms with van der Waals surface area (Å²) in [5, 5.41) is 23.7. The molecule has 0 saturated carbocycles. The molecule has 220 valence electrons. The SMILES string of the molecule is COc1cc(NC(=O)c2cc(N3CCN(C(=O)O)[C@@H](CC#N)C3)nc(OCC3CCCCN3C)n2)c2ccccc2c1. The Hall–Kier alpha value is -4.63. The van der Waals surface area contributed by atoms with Gasteiger partial charge in [-0.3, -0.25) is 4.79 Å². The number of rotatable bonds is 8. The minimum atomic E-state index is -1.07. The number of piperidine rings is 1. The van der Waals surface area contributed by atoms with Crippen molar-refractivity contribution in [1.29, 1.82) is 5.26 Å². The van der Waals surface area contributed by atoms with Crippen molar-refractivity contribution < 1.29 is 24.2 Å². The minimum Gasteiger partial charge on any atom is -0.497 e. The predicted molar refractivity (Wildman–Crippen MR) is 157 cm³/mol. The Kier molecular flexibility index (Phi) is 8.88. The van der Waals surface area contributed by atoms with Crippen LogP contribution in [0.5, 0.6) is 11.8 Å². The summed E-state index contributed by atoms with van der Waals surface area (Å²) in [5.74, 6) is 0.591. The van der Waals surface area contributed by atoms with Gasteiger partial charge in [0, 0.05) is 43.2 Å². The van der Waals surface area contributed by atoms with Crippen LogP contribution in [0.25, 0.3) is 10.8 Å². The van der Waals surface area contributed by atoms with E-state index < -0.39 is 18.0 Å². The number of benzene rings is 2. The molecule has 1 unspecified atom stereocenters. The highest BCUT2D eigenvalue weighted by Crippen LogP contribution is 2.30. The summed E-state index contributed by atoms with van der Waals surface area (Å²) in [5.41, 5.74) is 0.682. The minimum absolute atomic E-state index is 0.0432. The van der Waals surface area contributed by atoms with Crippen molar-refractivity contribution in [1.82, 2.24) is 19.8 Å². The second kappa shape index (κ2) is 12.9. The number of carboxylic acid groups (broad SMARTS) is 1. The molecular formula is C30H35N7O5. The molecule has 12 nitrogen and oxygen atoms in total. The van der Waals surface area contributed by atoms with Crippen LogP contribution < -0.4 is 19.7 Å². The highest BCUT2D eigenvalue weighted by atomic mass is 16.5. The Labute approximate surface area is 244 Å². The summed E-state index contributed by atoms with van der Waals surface area (Å²) in [6.07, 6.45) is 2.24. The smallest absolute Gasteiger partial charge is 0.407 e. The van der Waals surface area contributed by atoms with Crippen molar-refractivity contribution in [2.75, 3.05) is 57.2 Å². The molecule has 3 heterocycles. The maximum atomic E-state index is 13.7. The zero-order chi connectivity index (χ0) is 29.6. The van der Waals surface area contributed by atoms with Crippen molar-refractivity contribution in [3.8, 4) is 17.8 Å². The van der Waals surface area contributed by atoms with Gasteiger partial charge in [0.1, 0.15) is 23.9 Å². The standard InChI is InChI=1S/C30H35N7O5/c1-35-12-6-5-8-22(35)19-42-29-33-26(17-27(34-29)36-13-14-37(30(39)40)21(18-36)10-11-31)28(38)32-25-16-23(41-2)15-20-7-3-4-9-24(20)25/h3-4,7,9,15-17,21-22H,5-6,8,10,12-14,18-19H2,1-2H3,(H,32,38)(H,39,40)/t21-,22?/m0/s1. The number of piperazine rings is 1. The number of carbonyl (C=O) groups is 2. The number of nitrogens with one attached hydrogen (secondary N) is 1. The van der Waals surface area contributed by atoms with Gasteiger partial charge in [0.25, 0.3) is 5.91 Å². The first-order valence-electron chi connectivity index (χ1n) is 14.1. The molecule has 0 radical (unpaired) electrons. The molecule has 2 atom stereocenters.